The Bertz CT molecular complexity index is 629. The number of ketones is 1. The minimum Gasteiger partial charge on any atom is -0.361 e. The van der Waals surface area contributed by atoms with E-state index in [0.29, 0.717) is 18.8 Å². The van der Waals surface area contributed by atoms with E-state index in [4.69, 9.17) is 5.73 Å². The number of rotatable bonds is 9. The van der Waals surface area contributed by atoms with E-state index in [1.165, 1.54) is 18.2 Å². The first-order valence-electron chi connectivity index (χ1n) is 8.80. The number of aromatic amines is 1. The Kier molecular flexibility index (Phi) is 6.40. The molecule has 0 spiro atoms. The minimum absolute atomic E-state index is 0.187. The number of Topliss-reactive ketones (excluding diaryl/α,β-unsaturated/α-hetero) is 1. The van der Waals surface area contributed by atoms with Crippen molar-refractivity contribution in [2.75, 3.05) is 0 Å². The van der Waals surface area contributed by atoms with Crippen molar-refractivity contribution in [1.29, 1.82) is 0 Å². The van der Waals surface area contributed by atoms with Gasteiger partial charge in [-0.15, -0.1) is 0 Å². The van der Waals surface area contributed by atoms with Crippen LogP contribution in [-0.4, -0.2) is 16.8 Å². The van der Waals surface area contributed by atoms with Gasteiger partial charge in [-0.2, -0.15) is 0 Å². The van der Waals surface area contributed by atoms with E-state index in [-0.39, 0.29) is 5.78 Å². The zero-order chi connectivity index (χ0) is 16.8. The Morgan fingerprint density at radius 2 is 1.91 bits per heavy atom. The number of hydrogen-bond acceptors (Lipinski definition) is 2. The van der Waals surface area contributed by atoms with E-state index in [9.17, 15) is 4.79 Å². The first kappa shape index (κ1) is 17.7. The van der Waals surface area contributed by atoms with E-state index in [1.807, 2.05) is 24.4 Å². The van der Waals surface area contributed by atoms with Crippen LogP contribution in [0.2, 0.25) is 0 Å². The van der Waals surface area contributed by atoms with Gasteiger partial charge in [0.2, 0.25) is 0 Å². The molecule has 0 amide bonds. The summed E-state index contributed by atoms with van der Waals surface area (Å²) < 4.78 is 0. The second kappa shape index (κ2) is 8.30. The van der Waals surface area contributed by atoms with Gasteiger partial charge >= 0.3 is 0 Å². The van der Waals surface area contributed by atoms with Gasteiger partial charge in [0.15, 0.2) is 0 Å². The minimum atomic E-state index is -0.401. The fraction of sp³-hybridized carbons (Fsp3) is 0.550. The molecule has 1 aromatic heterocycles. The van der Waals surface area contributed by atoms with Crippen LogP contribution in [0.1, 0.15) is 52.0 Å². The van der Waals surface area contributed by atoms with Gasteiger partial charge in [0.1, 0.15) is 5.78 Å². The zero-order valence-electron chi connectivity index (χ0n) is 14.6. The van der Waals surface area contributed by atoms with Crippen molar-refractivity contribution in [1.82, 2.24) is 4.98 Å². The van der Waals surface area contributed by atoms with Crippen LogP contribution < -0.4 is 5.73 Å². The number of H-pyrrole nitrogens is 1. The molecular formula is C20H30N2O. The van der Waals surface area contributed by atoms with Gasteiger partial charge in [0.25, 0.3) is 0 Å². The first-order chi connectivity index (χ1) is 11.0. The lowest BCUT2D eigenvalue weighted by Crippen LogP contribution is -2.33. The summed E-state index contributed by atoms with van der Waals surface area (Å²) in [6, 6.07) is 7.74. The van der Waals surface area contributed by atoms with Gasteiger partial charge in [-0.3, -0.25) is 4.79 Å². The van der Waals surface area contributed by atoms with Crippen LogP contribution in [0.25, 0.3) is 10.9 Å². The standard InChI is InChI=1S/C20H30N2O/c1-14(2)7-6-8-15(3)11-20(23)18(21)12-16-13-22-19-10-5-4-9-17(16)19/h4-5,9-10,13-15,18,22H,6-8,11-12,21H2,1-3H3/t15?,18-/m1/s1. The molecular weight excluding hydrogens is 284 g/mol. The molecule has 1 aromatic carbocycles. The lowest BCUT2D eigenvalue weighted by molar-refractivity contribution is -0.121. The second-order valence-electron chi connectivity index (χ2n) is 7.27. The Morgan fingerprint density at radius 3 is 2.65 bits per heavy atom. The molecule has 0 aliphatic heterocycles. The number of aromatic nitrogens is 1. The Hall–Kier alpha value is -1.61. The molecule has 0 saturated carbocycles. The summed E-state index contributed by atoms with van der Waals surface area (Å²) in [4.78, 5) is 15.6. The number of hydrogen-bond donors (Lipinski definition) is 2. The molecule has 0 aliphatic carbocycles. The highest BCUT2D eigenvalue weighted by molar-refractivity contribution is 5.87. The molecule has 3 nitrogen and oxygen atoms in total. The van der Waals surface area contributed by atoms with Gasteiger partial charge in [-0.1, -0.05) is 58.2 Å². The summed E-state index contributed by atoms with van der Waals surface area (Å²) in [7, 11) is 0. The summed E-state index contributed by atoms with van der Waals surface area (Å²) in [6.07, 6.45) is 6.74. The third-order valence-corrected chi connectivity index (χ3v) is 4.56. The number of carbonyl (C=O) groups is 1. The van der Waals surface area contributed by atoms with E-state index in [2.05, 4.69) is 31.8 Å². The van der Waals surface area contributed by atoms with Crippen LogP contribution in [-0.2, 0) is 11.2 Å². The maximum absolute atomic E-state index is 12.4. The predicted octanol–water partition coefficient (Wildman–Crippen LogP) is 4.46. The number of fused-ring (bicyclic) bond motifs is 1. The lowest BCUT2D eigenvalue weighted by Gasteiger charge is -2.15. The molecule has 0 saturated heterocycles. The van der Waals surface area contributed by atoms with Crippen molar-refractivity contribution in [3.8, 4) is 0 Å². The largest absolute Gasteiger partial charge is 0.361 e. The third kappa shape index (κ3) is 5.21. The van der Waals surface area contributed by atoms with E-state index >= 15 is 0 Å². The molecule has 1 unspecified atom stereocenters. The summed E-state index contributed by atoms with van der Waals surface area (Å²) in [5.41, 5.74) is 8.40. The SMILES string of the molecule is CC(C)CCCC(C)CC(=O)[C@H](N)Cc1c[nH]c2ccccc12. The fourth-order valence-electron chi connectivity index (χ4n) is 3.12. The second-order valence-corrected chi connectivity index (χ2v) is 7.27. The normalized spacial score (nSPS) is 14.3. The van der Waals surface area contributed by atoms with Crippen LogP contribution in [0.3, 0.4) is 0 Å². The summed E-state index contributed by atoms with van der Waals surface area (Å²) >= 11 is 0. The number of para-hydroxylation sites is 1. The molecule has 1 heterocycles. The van der Waals surface area contributed by atoms with Crippen molar-refractivity contribution >= 4 is 16.7 Å². The molecule has 0 bridgehead atoms. The summed E-state index contributed by atoms with van der Waals surface area (Å²) in [5, 5.41) is 1.17. The van der Waals surface area contributed by atoms with Crippen molar-refractivity contribution in [3.63, 3.8) is 0 Å². The molecule has 0 aliphatic rings. The van der Waals surface area contributed by atoms with Crippen molar-refractivity contribution in [2.45, 2.75) is 58.9 Å². The quantitative estimate of drug-likeness (QED) is 0.718. The molecule has 3 heteroatoms. The monoisotopic (exact) mass is 314 g/mol. The van der Waals surface area contributed by atoms with E-state index in [0.717, 1.165) is 23.4 Å². The predicted molar refractivity (Wildman–Crippen MR) is 97.5 cm³/mol. The fourth-order valence-corrected chi connectivity index (χ4v) is 3.12. The molecule has 0 radical (unpaired) electrons. The Morgan fingerprint density at radius 1 is 1.17 bits per heavy atom. The maximum atomic E-state index is 12.4. The van der Waals surface area contributed by atoms with E-state index < -0.39 is 6.04 Å². The third-order valence-electron chi connectivity index (χ3n) is 4.56. The van der Waals surface area contributed by atoms with Crippen LogP contribution in [0.15, 0.2) is 30.5 Å². The molecule has 0 fully saturated rings. The zero-order valence-corrected chi connectivity index (χ0v) is 14.6. The highest BCUT2D eigenvalue weighted by atomic mass is 16.1. The molecule has 23 heavy (non-hydrogen) atoms. The topological polar surface area (TPSA) is 58.9 Å². The van der Waals surface area contributed by atoms with Crippen molar-refractivity contribution in [3.05, 3.63) is 36.0 Å². The summed E-state index contributed by atoms with van der Waals surface area (Å²) in [5.74, 6) is 1.35. The number of carbonyl (C=O) groups excluding carboxylic acids is 1. The molecule has 2 aromatic rings. The average molecular weight is 314 g/mol. The maximum Gasteiger partial charge on any atom is 0.150 e. The highest BCUT2D eigenvalue weighted by Gasteiger charge is 2.18. The van der Waals surface area contributed by atoms with Crippen LogP contribution in [0, 0.1) is 11.8 Å². The lowest BCUT2D eigenvalue weighted by atomic mass is 9.92. The molecule has 3 N–H and O–H groups in total. The van der Waals surface area contributed by atoms with Gasteiger partial charge in [-0.05, 0) is 29.9 Å². The van der Waals surface area contributed by atoms with Gasteiger partial charge in [0.05, 0.1) is 6.04 Å². The number of nitrogens with one attached hydrogen (secondary N) is 1. The molecule has 126 valence electrons. The first-order valence-corrected chi connectivity index (χ1v) is 8.80. The van der Waals surface area contributed by atoms with Crippen LogP contribution in [0.4, 0.5) is 0 Å². The van der Waals surface area contributed by atoms with Crippen LogP contribution >= 0.6 is 0 Å². The van der Waals surface area contributed by atoms with Gasteiger partial charge in [-0.25, -0.2) is 0 Å². The molecule has 2 atom stereocenters. The van der Waals surface area contributed by atoms with Gasteiger partial charge in [0, 0.05) is 23.5 Å². The summed E-state index contributed by atoms with van der Waals surface area (Å²) in [6.45, 7) is 6.65. The van der Waals surface area contributed by atoms with Crippen molar-refractivity contribution in [2.24, 2.45) is 17.6 Å². The Balaban J connectivity index is 1.85. The number of benzene rings is 1. The van der Waals surface area contributed by atoms with Crippen molar-refractivity contribution < 1.29 is 4.79 Å². The van der Waals surface area contributed by atoms with Gasteiger partial charge < -0.3 is 10.7 Å². The Labute approximate surface area is 139 Å². The highest BCUT2D eigenvalue weighted by Crippen LogP contribution is 2.20. The number of nitrogens with two attached hydrogens (primary N) is 1. The average Bonchev–Trinajstić information content (AvgIpc) is 2.90. The smallest absolute Gasteiger partial charge is 0.150 e. The van der Waals surface area contributed by atoms with Crippen LogP contribution in [0.5, 0.6) is 0 Å². The molecule has 2 rings (SSSR count). The van der Waals surface area contributed by atoms with E-state index in [1.54, 1.807) is 0 Å².